The van der Waals surface area contributed by atoms with Crippen molar-refractivity contribution in [2.24, 2.45) is 0 Å². The van der Waals surface area contributed by atoms with Crippen LogP contribution in [0.2, 0.25) is 0 Å². The normalized spacial score (nSPS) is 19.8. The van der Waals surface area contributed by atoms with Crippen molar-refractivity contribution < 1.29 is 29.8 Å². The average Bonchev–Trinajstić information content (AvgIpc) is 1.96. The number of esters is 1. The Morgan fingerprint density at radius 1 is 1.46 bits per heavy atom. The fraction of sp³-hybridized carbons (Fsp3) is 0.857. The summed E-state index contributed by atoms with van der Waals surface area (Å²) in [6, 6.07) is 0. The fourth-order valence-electron chi connectivity index (χ4n) is 0.385. The highest BCUT2D eigenvalue weighted by atomic mass is 19.4. The molecule has 0 aromatic carbocycles. The number of rotatable bonds is 3. The second kappa shape index (κ2) is 3.93. The Balaban J connectivity index is 4.47. The van der Waals surface area contributed by atoms with Gasteiger partial charge in [0.05, 0.1) is 0 Å². The molecule has 0 saturated carbocycles. The molecule has 0 aliphatic heterocycles. The van der Waals surface area contributed by atoms with Gasteiger partial charge in [0, 0.05) is 2.74 Å². The lowest BCUT2D eigenvalue weighted by Crippen LogP contribution is -2.34. The predicted molar refractivity (Wildman–Crippen MR) is 36.8 cm³/mol. The summed E-state index contributed by atoms with van der Waals surface area (Å²) in [4.78, 5) is 10.8. The highest BCUT2D eigenvalue weighted by molar-refractivity contribution is 5.78. The number of alkyl halides is 4. The van der Waals surface area contributed by atoms with Crippen LogP contribution in [0.15, 0.2) is 0 Å². The highest BCUT2D eigenvalue weighted by Crippen LogP contribution is 2.20. The van der Waals surface area contributed by atoms with Crippen molar-refractivity contribution in [1.82, 2.24) is 0 Å². The largest absolute Gasteiger partial charge is 0.454 e. The topological polar surface area (TPSA) is 26.3 Å². The molecule has 0 fully saturated rings. The van der Waals surface area contributed by atoms with Crippen molar-refractivity contribution in [2.75, 3.05) is 6.61 Å². The molecule has 0 radical (unpaired) electrons. The Morgan fingerprint density at radius 3 is 2.23 bits per heavy atom. The monoisotopic (exact) mass is 204 g/mol. The summed E-state index contributed by atoms with van der Waals surface area (Å²) in [5, 5.41) is 0. The van der Waals surface area contributed by atoms with E-state index in [1.54, 1.807) is 0 Å². The van der Waals surface area contributed by atoms with Crippen LogP contribution in [-0.4, -0.2) is 24.4 Å². The van der Waals surface area contributed by atoms with Crippen molar-refractivity contribution >= 4 is 5.97 Å². The molecule has 0 saturated heterocycles. The minimum atomic E-state index is -4.76. The van der Waals surface area contributed by atoms with Gasteiger partial charge in [-0.3, -0.25) is 0 Å². The summed E-state index contributed by atoms with van der Waals surface area (Å²) >= 11 is 0. The van der Waals surface area contributed by atoms with E-state index in [1.807, 2.05) is 0 Å². The lowest BCUT2D eigenvalue weighted by molar-refractivity contribution is -0.194. The van der Waals surface area contributed by atoms with Crippen LogP contribution in [0.4, 0.5) is 17.6 Å². The second-order valence-electron chi connectivity index (χ2n) is 2.44. The first-order chi connectivity index (χ1) is 6.38. The summed E-state index contributed by atoms with van der Waals surface area (Å²) < 4.78 is 65.6. The van der Waals surface area contributed by atoms with Gasteiger partial charge >= 0.3 is 12.1 Å². The number of carbonyl (C=O) groups is 1. The third-order valence-corrected chi connectivity index (χ3v) is 1.22. The third-order valence-electron chi connectivity index (χ3n) is 1.22. The summed E-state index contributed by atoms with van der Waals surface area (Å²) in [5.41, 5.74) is -3.11. The molecule has 2 nitrogen and oxygen atoms in total. The molecule has 1 unspecified atom stereocenters. The number of hydrogen-bond donors (Lipinski definition) is 0. The second-order valence-corrected chi connectivity index (χ2v) is 2.44. The maximum Gasteiger partial charge on any atom is 0.422 e. The molecule has 0 aliphatic carbocycles. The zero-order chi connectivity index (χ0) is 12.5. The van der Waals surface area contributed by atoms with Crippen LogP contribution in [0.3, 0.4) is 0 Å². The van der Waals surface area contributed by atoms with E-state index in [1.165, 1.54) is 0 Å². The van der Waals surface area contributed by atoms with Gasteiger partial charge in [-0.25, -0.2) is 9.18 Å². The molecule has 0 amide bonds. The Morgan fingerprint density at radius 2 is 1.92 bits per heavy atom. The minimum Gasteiger partial charge on any atom is -0.454 e. The molecule has 0 aliphatic rings. The molecule has 0 bridgehead atoms. The van der Waals surface area contributed by atoms with E-state index in [9.17, 15) is 22.4 Å². The number of hydrogen-bond acceptors (Lipinski definition) is 2. The van der Waals surface area contributed by atoms with Gasteiger partial charge in [-0.1, -0.05) is 6.92 Å². The predicted octanol–water partition coefficient (Wildman–Crippen LogP) is 2.23. The Bertz CT molecular complexity index is 244. The van der Waals surface area contributed by atoms with Gasteiger partial charge in [-0.15, -0.1) is 0 Å². The van der Waals surface area contributed by atoms with Crippen LogP contribution in [0.25, 0.3) is 0 Å². The first-order valence-electron chi connectivity index (χ1n) is 4.31. The molecule has 0 spiro atoms. The molecule has 0 rings (SSSR count). The van der Waals surface area contributed by atoms with Crippen molar-refractivity contribution in [1.29, 1.82) is 0 Å². The van der Waals surface area contributed by atoms with Crippen LogP contribution in [0, 0.1) is 0 Å². The Hall–Kier alpha value is -0.810. The first-order valence-corrected chi connectivity index (χ1v) is 3.31. The van der Waals surface area contributed by atoms with Gasteiger partial charge in [0.15, 0.2) is 6.61 Å². The van der Waals surface area contributed by atoms with Gasteiger partial charge in [0.2, 0.25) is 5.67 Å². The van der Waals surface area contributed by atoms with E-state index in [2.05, 4.69) is 4.74 Å². The molecule has 0 heterocycles. The average molecular weight is 204 g/mol. The van der Waals surface area contributed by atoms with Crippen LogP contribution >= 0.6 is 0 Å². The number of halogens is 4. The van der Waals surface area contributed by atoms with Crippen molar-refractivity contribution in [2.45, 2.75) is 32.1 Å². The van der Waals surface area contributed by atoms with Crippen LogP contribution in [0.1, 0.15) is 23.0 Å². The van der Waals surface area contributed by atoms with Crippen LogP contribution < -0.4 is 0 Å². The number of carbonyl (C=O) groups excluding carboxylic acids is 1. The molecule has 13 heavy (non-hydrogen) atoms. The lowest BCUT2D eigenvalue weighted by atomic mass is 10.1. The van der Waals surface area contributed by atoms with Crippen LogP contribution in [-0.2, 0) is 9.53 Å². The fourth-order valence-corrected chi connectivity index (χ4v) is 0.385. The maximum atomic E-state index is 13.3. The van der Waals surface area contributed by atoms with E-state index in [0.29, 0.717) is 6.92 Å². The highest BCUT2D eigenvalue weighted by Gasteiger charge is 2.36. The zero-order valence-electron chi connectivity index (χ0n) is 9.04. The minimum absolute atomic E-state index is 0.533. The Labute approximate surface area is 75.7 Å². The Kier molecular flexibility index (Phi) is 2.65. The van der Waals surface area contributed by atoms with E-state index in [4.69, 9.17) is 2.74 Å². The van der Waals surface area contributed by atoms with Crippen LogP contribution in [0.5, 0.6) is 0 Å². The molecule has 78 valence electrons. The standard InChI is InChI=1S/C7H10F4O2/c1-3-6(2,8)5(12)13-4-7(9,10)11/h3-4H2,1-2H3/i3D2. The van der Waals surface area contributed by atoms with Gasteiger partial charge in [0.1, 0.15) is 0 Å². The first kappa shape index (κ1) is 8.77. The van der Waals surface area contributed by atoms with Crippen molar-refractivity contribution in [3.8, 4) is 0 Å². The van der Waals surface area contributed by atoms with E-state index in [0.717, 1.165) is 6.92 Å². The molecule has 6 heteroatoms. The quantitative estimate of drug-likeness (QED) is 0.520. The molecular formula is C7H10F4O2. The van der Waals surface area contributed by atoms with Gasteiger partial charge in [-0.05, 0) is 13.3 Å². The lowest BCUT2D eigenvalue weighted by Gasteiger charge is -2.16. The van der Waals surface area contributed by atoms with Gasteiger partial charge in [0.25, 0.3) is 0 Å². The third kappa shape index (κ3) is 4.69. The molecule has 1 atom stereocenters. The molecular weight excluding hydrogens is 192 g/mol. The van der Waals surface area contributed by atoms with Crippen molar-refractivity contribution in [3.05, 3.63) is 0 Å². The van der Waals surface area contributed by atoms with E-state index < -0.39 is 30.8 Å². The van der Waals surface area contributed by atoms with E-state index >= 15 is 0 Å². The molecule has 0 aromatic rings. The summed E-state index contributed by atoms with van der Waals surface area (Å²) in [7, 11) is 0. The SMILES string of the molecule is [2H]C([2H])(C)C(C)(F)C(=O)OCC(F)(F)F. The molecule has 0 N–H and O–H groups in total. The van der Waals surface area contributed by atoms with Crippen molar-refractivity contribution in [3.63, 3.8) is 0 Å². The zero-order valence-corrected chi connectivity index (χ0v) is 7.04. The van der Waals surface area contributed by atoms with E-state index in [-0.39, 0.29) is 0 Å². The van der Waals surface area contributed by atoms with Gasteiger partial charge in [-0.2, -0.15) is 13.2 Å². The summed E-state index contributed by atoms with van der Waals surface area (Å²) in [6.07, 6.45) is -7.37. The van der Waals surface area contributed by atoms with Gasteiger partial charge < -0.3 is 4.74 Å². The number of ether oxygens (including phenoxy) is 1. The summed E-state index contributed by atoms with van der Waals surface area (Å²) in [5.74, 6) is -1.87. The maximum absolute atomic E-state index is 13.3. The summed E-state index contributed by atoms with van der Waals surface area (Å²) in [6.45, 7) is -0.658. The molecule has 0 aromatic heterocycles. The smallest absolute Gasteiger partial charge is 0.422 e.